The molecule has 0 aliphatic rings. The molecule has 5 heteroatoms. The van der Waals surface area contributed by atoms with Gasteiger partial charge in [-0.05, 0) is 19.1 Å². The van der Waals surface area contributed by atoms with Crippen LogP contribution in [0.15, 0.2) is 24.5 Å². The van der Waals surface area contributed by atoms with Crippen LogP contribution in [0.5, 0.6) is 0 Å². The minimum atomic E-state index is 0.685. The summed E-state index contributed by atoms with van der Waals surface area (Å²) in [5.41, 5.74) is 7.57. The van der Waals surface area contributed by atoms with E-state index >= 15 is 0 Å². The van der Waals surface area contributed by atoms with E-state index in [-0.39, 0.29) is 0 Å². The van der Waals surface area contributed by atoms with Crippen LogP contribution < -0.4 is 10.6 Å². The lowest BCUT2D eigenvalue weighted by Crippen LogP contribution is -2.21. The van der Waals surface area contributed by atoms with Crippen molar-refractivity contribution in [3.8, 4) is 0 Å². The number of aryl methyl sites for hydroxylation is 2. The number of hydrogen-bond acceptors (Lipinski definition) is 4. The number of nitrogen functional groups attached to an aromatic ring is 1. The molecule has 0 atom stereocenters. The third-order valence-corrected chi connectivity index (χ3v) is 2.71. The van der Waals surface area contributed by atoms with Gasteiger partial charge in [-0.1, -0.05) is 0 Å². The summed E-state index contributed by atoms with van der Waals surface area (Å²) in [6.45, 7) is 2.64. The third-order valence-electron chi connectivity index (χ3n) is 2.71. The van der Waals surface area contributed by atoms with Crippen molar-refractivity contribution < 1.29 is 0 Å². The molecule has 2 heterocycles. The molecule has 2 N–H and O–H groups in total. The van der Waals surface area contributed by atoms with Gasteiger partial charge in [-0.2, -0.15) is 0 Å². The van der Waals surface area contributed by atoms with Crippen LogP contribution in [0.2, 0.25) is 0 Å². The molecule has 0 bridgehead atoms. The van der Waals surface area contributed by atoms with Crippen molar-refractivity contribution in [1.82, 2.24) is 14.5 Å². The first-order valence-corrected chi connectivity index (χ1v) is 5.48. The van der Waals surface area contributed by atoms with Crippen molar-refractivity contribution in [3.63, 3.8) is 0 Å². The van der Waals surface area contributed by atoms with Gasteiger partial charge in [-0.25, -0.2) is 9.97 Å². The van der Waals surface area contributed by atoms with Gasteiger partial charge in [-0.15, -0.1) is 0 Å². The van der Waals surface area contributed by atoms with Gasteiger partial charge in [0.25, 0.3) is 0 Å². The Morgan fingerprint density at radius 2 is 2.18 bits per heavy atom. The van der Waals surface area contributed by atoms with E-state index in [1.54, 1.807) is 6.20 Å². The number of hydrogen-bond donors (Lipinski definition) is 1. The Bertz CT molecular complexity index is 517. The maximum Gasteiger partial charge on any atom is 0.152 e. The summed E-state index contributed by atoms with van der Waals surface area (Å²) in [4.78, 5) is 10.7. The lowest BCUT2D eigenvalue weighted by atomic mass is 10.3. The lowest BCUT2D eigenvalue weighted by Gasteiger charge is -2.19. The topological polar surface area (TPSA) is 60.0 Å². The van der Waals surface area contributed by atoms with Gasteiger partial charge in [0.2, 0.25) is 0 Å². The average molecular weight is 231 g/mol. The highest BCUT2D eigenvalue weighted by atomic mass is 15.2. The summed E-state index contributed by atoms with van der Waals surface area (Å²) in [6, 6.07) is 3.79. The SMILES string of the molecule is Cc1ccc(N)c(N(C)Cc2nccn2C)n1. The number of pyridine rings is 1. The summed E-state index contributed by atoms with van der Waals surface area (Å²) in [5, 5.41) is 0. The second-order valence-electron chi connectivity index (χ2n) is 4.18. The van der Waals surface area contributed by atoms with Crippen LogP contribution in [0.25, 0.3) is 0 Å². The molecule has 90 valence electrons. The molecular formula is C12H17N5. The number of nitrogens with zero attached hydrogens (tertiary/aromatic N) is 4. The standard InChI is InChI=1S/C12H17N5/c1-9-4-5-10(13)12(15-9)17(3)8-11-14-6-7-16(11)2/h4-7H,8,13H2,1-3H3. The molecule has 5 nitrogen and oxygen atoms in total. The highest BCUT2D eigenvalue weighted by Gasteiger charge is 2.10. The predicted octanol–water partition coefficient (Wildman–Crippen LogP) is 1.34. The summed E-state index contributed by atoms with van der Waals surface area (Å²) in [7, 11) is 3.94. The first kappa shape index (κ1) is 11.4. The first-order valence-electron chi connectivity index (χ1n) is 5.48. The van der Waals surface area contributed by atoms with Gasteiger partial charge in [0, 0.05) is 32.2 Å². The quantitative estimate of drug-likeness (QED) is 0.866. The maximum atomic E-state index is 5.93. The summed E-state index contributed by atoms with van der Waals surface area (Å²) in [6.07, 6.45) is 3.71. The number of imidazole rings is 1. The largest absolute Gasteiger partial charge is 0.396 e. The van der Waals surface area contributed by atoms with Gasteiger partial charge in [0.05, 0.1) is 12.2 Å². The molecule has 0 aliphatic carbocycles. The molecule has 0 saturated heterocycles. The zero-order chi connectivity index (χ0) is 12.4. The fourth-order valence-electron chi connectivity index (χ4n) is 1.70. The van der Waals surface area contributed by atoms with Crippen molar-refractivity contribution in [2.75, 3.05) is 17.7 Å². The van der Waals surface area contributed by atoms with Crippen LogP contribution in [0, 0.1) is 6.92 Å². The molecule has 17 heavy (non-hydrogen) atoms. The molecular weight excluding hydrogens is 214 g/mol. The molecule has 0 amide bonds. The number of rotatable bonds is 3. The Kier molecular flexibility index (Phi) is 2.99. The number of anilines is 2. The van der Waals surface area contributed by atoms with Crippen molar-refractivity contribution in [2.24, 2.45) is 7.05 Å². The molecule has 0 saturated carbocycles. The number of nitrogens with two attached hydrogens (primary N) is 1. The molecule has 0 aromatic carbocycles. The lowest BCUT2D eigenvalue weighted by molar-refractivity contribution is 0.755. The Morgan fingerprint density at radius 3 is 2.82 bits per heavy atom. The summed E-state index contributed by atoms with van der Waals surface area (Å²) in [5.74, 6) is 1.78. The van der Waals surface area contributed by atoms with E-state index in [4.69, 9.17) is 5.73 Å². The van der Waals surface area contributed by atoms with E-state index in [1.807, 2.05) is 48.8 Å². The molecule has 2 aromatic rings. The van der Waals surface area contributed by atoms with Crippen LogP contribution >= 0.6 is 0 Å². The maximum absolute atomic E-state index is 5.93. The Hall–Kier alpha value is -2.04. The van der Waals surface area contributed by atoms with Crippen molar-refractivity contribution in [3.05, 3.63) is 36.0 Å². The smallest absolute Gasteiger partial charge is 0.152 e. The summed E-state index contributed by atoms with van der Waals surface area (Å²) < 4.78 is 1.99. The van der Waals surface area contributed by atoms with Gasteiger partial charge < -0.3 is 15.2 Å². The predicted molar refractivity (Wildman–Crippen MR) is 68.7 cm³/mol. The average Bonchev–Trinajstić information content (AvgIpc) is 2.68. The van der Waals surface area contributed by atoms with E-state index in [0.29, 0.717) is 12.2 Å². The fraction of sp³-hybridized carbons (Fsp3) is 0.333. The molecule has 0 unspecified atom stereocenters. The van der Waals surface area contributed by atoms with Crippen molar-refractivity contribution in [1.29, 1.82) is 0 Å². The van der Waals surface area contributed by atoms with E-state index in [2.05, 4.69) is 9.97 Å². The van der Waals surface area contributed by atoms with Crippen LogP contribution in [-0.2, 0) is 13.6 Å². The molecule has 0 aliphatic heterocycles. The minimum absolute atomic E-state index is 0.685. The normalized spacial score (nSPS) is 10.5. The van der Waals surface area contributed by atoms with Gasteiger partial charge in [0.15, 0.2) is 5.82 Å². The Labute approximate surface area is 101 Å². The van der Waals surface area contributed by atoms with Crippen LogP contribution in [0.3, 0.4) is 0 Å². The van der Waals surface area contributed by atoms with E-state index in [9.17, 15) is 0 Å². The van der Waals surface area contributed by atoms with E-state index in [0.717, 1.165) is 17.3 Å². The van der Waals surface area contributed by atoms with Crippen LogP contribution in [0.4, 0.5) is 11.5 Å². The Balaban J connectivity index is 2.23. The zero-order valence-corrected chi connectivity index (χ0v) is 10.4. The van der Waals surface area contributed by atoms with Crippen molar-refractivity contribution in [2.45, 2.75) is 13.5 Å². The van der Waals surface area contributed by atoms with Crippen LogP contribution in [-0.4, -0.2) is 21.6 Å². The van der Waals surface area contributed by atoms with Crippen LogP contribution in [0.1, 0.15) is 11.5 Å². The van der Waals surface area contributed by atoms with Gasteiger partial charge in [0.1, 0.15) is 5.82 Å². The molecule has 0 fully saturated rings. The van der Waals surface area contributed by atoms with E-state index in [1.165, 1.54) is 0 Å². The minimum Gasteiger partial charge on any atom is -0.396 e. The first-order chi connectivity index (χ1) is 8.08. The van der Waals surface area contributed by atoms with Gasteiger partial charge in [-0.3, -0.25) is 0 Å². The molecule has 0 spiro atoms. The highest BCUT2D eigenvalue weighted by molar-refractivity contribution is 5.62. The zero-order valence-electron chi connectivity index (χ0n) is 10.4. The second-order valence-corrected chi connectivity index (χ2v) is 4.18. The molecule has 0 radical (unpaired) electrons. The fourth-order valence-corrected chi connectivity index (χ4v) is 1.70. The summed E-state index contributed by atoms with van der Waals surface area (Å²) >= 11 is 0. The molecule has 2 rings (SSSR count). The highest BCUT2D eigenvalue weighted by Crippen LogP contribution is 2.20. The monoisotopic (exact) mass is 231 g/mol. The third kappa shape index (κ3) is 2.38. The van der Waals surface area contributed by atoms with Crippen molar-refractivity contribution >= 4 is 11.5 Å². The number of aromatic nitrogens is 3. The second kappa shape index (κ2) is 4.45. The van der Waals surface area contributed by atoms with E-state index < -0.39 is 0 Å². The molecule has 2 aromatic heterocycles. The Morgan fingerprint density at radius 1 is 1.41 bits per heavy atom. The van der Waals surface area contributed by atoms with Gasteiger partial charge >= 0.3 is 0 Å².